The Labute approximate surface area is 223 Å². The Kier molecular flexibility index (Phi) is 8.69. The van der Waals surface area contributed by atoms with E-state index in [1.165, 1.54) is 4.90 Å². The second kappa shape index (κ2) is 12.3. The molecule has 0 unspecified atom stereocenters. The summed E-state index contributed by atoms with van der Waals surface area (Å²) in [4.78, 5) is 55.2. The van der Waals surface area contributed by atoms with E-state index in [1.54, 1.807) is 29.2 Å². The summed E-state index contributed by atoms with van der Waals surface area (Å²) in [5.41, 5.74) is 3.74. The Morgan fingerprint density at radius 2 is 1.50 bits per heavy atom. The SMILES string of the molecule is CCNC(=O)[C@H](Cc1ccccc1)N(Cc1cccc(C)c1)C(=O)CCCN1C(=O)c2ccccc2C1=O. The first kappa shape index (κ1) is 26.8. The molecule has 3 aromatic carbocycles. The monoisotopic (exact) mass is 511 g/mol. The van der Waals surface area contributed by atoms with Gasteiger partial charge in [-0.15, -0.1) is 0 Å². The highest BCUT2D eigenvalue weighted by Gasteiger charge is 2.35. The second-order valence-corrected chi connectivity index (χ2v) is 9.52. The fourth-order valence-electron chi connectivity index (χ4n) is 4.83. The summed E-state index contributed by atoms with van der Waals surface area (Å²) in [6.45, 7) is 4.72. The van der Waals surface area contributed by atoms with E-state index < -0.39 is 6.04 Å². The van der Waals surface area contributed by atoms with Gasteiger partial charge in [-0.25, -0.2) is 0 Å². The van der Waals surface area contributed by atoms with Crippen LogP contribution in [0.5, 0.6) is 0 Å². The highest BCUT2D eigenvalue weighted by Crippen LogP contribution is 2.23. The molecule has 3 aromatic rings. The smallest absolute Gasteiger partial charge is 0.261 e. The number of fused-ring (bicyclic) bond motifs is 1. The number of nitrogens with zero attached hydrogens (tertiary/aromatic N) is 2. The Morgan fingerprint density at radius 1 is 0.868 bits per heavy atom. The molecule has 196 valence electrons. The summed E-state index contributed by atoms with van der Waals surface area (Å²) in [6, 6.07) is 23.6. The maximum Gasteiger partial charge on any atom is 0.261 e. The quantitative estimate of drug-likeness (QED) is 0.392. The Morgan fingerprint density at radius 3 is 2.13 bits per heavy atom. The van der Waals surface area contributed by atoms with Gasteiger partial charge in [0.25, 0.3) is 11.8 Å². The van der Waals surface area contributed by atoms with Crippen LogP contribution in [0.2, 0.25) is 0 Å². The van der Waals surface area contributed by atoms with E-state index in [-0.39, 0.29) is 43.1 Å². The average Bonchev–Trinajstić information content (AvgIpc) is 3.16. The highest BCUT2D eigenvalue weighted by molar-refractivity contribution is 6.21. The van der Waals surface area contributed by atoms with Crippen molar-refractivity contribution in [3.63, 3.8) is 0 Å². The van der Waals surface area contributed by atoms with Gasteiger partial charge >= 0.3 is 0 Å². The van der Waals surface area contributed by atoms with E-state index in [0.29, 0.717) is 30.5 Å². The first-order valence-corrected chi connectivity index (χ1v) is 13.0. The molecule has 7 heteroatoms. The number of carbonyl (C=O) groups is 4. The van der Waals surface area contributed by atoms with Crippen LogP contribution in [0.3, 0.4) is 0 Å². The van der Waals surface area contributed by atoms with Crippen molar-refractivity contribution in [2.45, 2.75) is 45.7 Å². The first-order valence-electron chi connectivity index (χ1n) is 13.0. The van der Waals surface area contributed by atoms with Gasteiger partial charge in [0.15, 0.2) is 0 Å². The molecule has 1 atom stereocenters. The molecule has 7 nitrogen and oxygen atoms in total. The van der Waals surface area contributed by atoms with Crippen molar-refractivity contribution in [3.05, 3.63) is 107 Å². The molecule has 1 N–H and O–H groups in total. The third kappa shape index (κ3) is 6.17. The van der Waals surface area contributed by atoms with Gasteiger partial charge in [-0.1, -0.05) is 72.3 Å². The third-order valence-electron chi connectivity index (χ3n) is 6.71. The lowest BCUT2D eigenvalue weighted by atomic mass is 10.0. The van der Waals surface area contributed by atoms with Crippen molar-refractivity contribution in [1.82, 2.24) is 15.1 Å². The minimum atomic E-state index is -0.704. The van der Waals surface area contributed by atoms with Crippen LogP contribution in [0.15, 0.2) is 78.9 Å². The van der Waals surface area contributed by atoms with Crippen LogP contribution in [0, 0.1) is 6.92 Å². The zero-order valence-corrected chi connectivity index (χ0v) is 21.9. The number of carbonyl (C=O) groups excluding carboxylic acids is 4. The zero-order chi connectivity index (χ0) is 27.1. The number of imide groups is 1. The third-order valence-corrected chi connectivity index (χ3v) is 6.71. The van der Waals surface area contributed by atoms with Gasteiger partial charge in [0, 0.05) is 32.5 Å². The molecular weight excluding hydrogens is 478 g/mol. The van der Waals surface area contributed by atoms with Crippen LogP contribution < -0.4 is 5.32 Å². The minimum absolute atomic E-state index is 0.101. The molecule has 1 heterocycles. The summed E-state index contributed by atoms with van der Waals surface area (Å²) in [5, 5.41) is 2.89. The lowest BCUT2D eigenvalue weighted by Gasteiger charge is -2.32. The molecule has 1 aliphatic rings. The van der Waals surface area contributed by atoms with Crippen LogP contribution in [-0.4, -0.2) is 52.6 Å². The topological polar surface area (TPSA) is 86.8 Å². The van der Waals surface area contributed by atoms with E-state index in [2.05, 4.69) is 5.32 Å². The van der Waals surface area contributed by atoms with Crippen molar-refractivity contribution in [3.8, 4) is 0 Å². The van der Waals surface area contributed by atoms with Gasteiger partial charge in [-0.05, 0) is 43.5 Å². The number of aryl methyl sites for hydroxylation is 1. The zero-order valence-electron chi connectivity index (χ0n) is 21.9. The summed E-state index contributed by atoms with van der Waals surface area (Å²) in [6.07, 6.45) is 0.786. The van der Waals surface area contributed by atoms with E-state index in [1.807, 2.05) is 68.4 Å². The summed E-state index contributed by atoms with van der Waals surface area (Å²) in [7, 11) is 0. The number of benzene rings is 3. The number of likely N-dealkylation sites (N-methyl/N-ethyl adjacent to an activating group) is 1. The number of hydrogen-bond acceptors (Lipinski definition) is 4. The maximum absolute atomic E-state index is 13.7. The molecular formula is C31H33N3O4. The summed E-state index contributed by atoms with van der Waals surface area (Å²) >= 11 is 0. The van der Waals surface area contributed by atoms with Crippen LogP contribution in [0.1, 0.15) is 57.2 Å². The number of amides is 4. The van der Waals surface area contributed by atoms with Gasteiger partial charge in [-0.3, -0.25) is 24.1 Å². The second-order valence-electron chi connectivity index (χ2n) is 9.52. The predicted octanol–water partition coefficient (Wildman–Crippen LogP) is 4.15. The van der Waals surface area contributed by atoms with Crippen molar-refractivity contribution in [1.29, 1.82) is 0 Å². The first-order chi connectivity index (χ1) is 18.4. The van der Waals surface area contributed by atoms with E-state index >= 15 is 0 Å². The van der Waals surface area contributed by atoms with Gasteiger partial charge in [-0.2, -0.15) is 0 Å². The molecule has 0 fully saturated rings. The highest BCUT2D eigenvalue weighted by atomic mass is 16.2. The molecule has 0 saturated heterocycles. The van der Waals surface area contributed by atoms with Crippen molar-refractivity contribution in [2.75, 3.05) is 13.1 Å². The number of hydrogen-bond donors (Lipinski definition) is 1. The number of rotatable bonds is 11. The lowest BCUT2D eigenvalue weighted by molar-refractivity contribution is -0.141. The largest absolute Gasteiger partial charge is 0.355 e. The van der Waals surface area contributed by atoms with Gasteiger partial charge in [0.1, 0.15) is 6.04 Å². The van der Waals surface area contributed by atoms with Crippen molar-refractivity contribution in [2.24, 2.45) is 0 Å². The molecule has 4 rings (SSSR count). The van der Waals surface area contributed by atoms with E-state index in [9.17, 15) is 19.2 Å². The summed E-state index contributed by atoms with van der Waals surface area (Å²) < 4.78 is 0. The van der Waals surface area contributed by atoms with Crippen LogP contribution >= 0.6 is 0 Å². The Hall–Kier alpha value is -4.26. The molecule has 0 bridgehead atoms. The fraction of sp³-hybridized carbons (Fsp3) is 0.290. The Balaban J connectivity index is 1.53. The molecule has 1 aliphatic heterocycles. The molecule has 0 saturated carbocycles. The molecule has 38 heavy (non-hydrogen) atoms. The fourth-order valence-corrected chi connectivity index (χ4v) is 4.83. The predicted molar refractivity (Wildman–Crippen MR) is 145 cm³/mol. The van der Waals surface area contributed by atoms with Crippen LogP contribution in [-0.2, 0) is 22.6 Å². The van der Waals surface area contributed by atoms with Gasteiger partial charge < -0.3 is 10.2 Å². The number of nitrogens with one attached hydrogen (secondary N) is 1. The van der Waals surface area contributed by atoms with Crippen molar-refractivity contribution >= 4 is 23.6 Å². The average molecular weight is 512 g/mol. The van der Waals surface area contributed by atoms with E-state index in [4.69, 9.17) is 0 Å². The molecule has 0 aromatic heterocycles. The van der Waals surface area contributed by atoms with Gasteiger partial charge in [0.05, 0.1) is 11.1 Å². The van der Waals surface area contributed by atoms with Crippen LogP contribution in [0.25, 0.3) is 0 Å². The Bertz CT molecular complexity index is 1290. The summed E-state index contributed by atoms with van der Waals surface area (Å²) in [5.74, 6) is -1.08. The standard InChI is InChI=1S/C31H33N3O4/c1-3-32-29(36)27(20-23-12-5-4-6-13-23)34(21-24-14-9-11-22(2)19-24)28(35)17-10-18-33-30(37)25-15-7-8-16-26(25)31(33)38/h4-9,11-16,19,27H,3,10,17-18,20-21H2,1-2H3,(H,32,36)/t27-/m0/s1. The molecule has 4 amide bonds. The van der Waals surface area contributed by atoms with Gasteiger partial charge in [0.2, 0.25) is 11.8 Å². The normalized spacial score (nSPS) is 13.3. The molecule has 0 aliphatic carbocycles. The molecule has 0 spiro atoms. The van der Waals surface area contributed by atoms with E-state index in [0.717, 1.165) is 16.7 Å². The lowest BCUT2D eigenvalue weighted by Crippen LogP contribution is -2.50. The van der Waals surface area contributed by atoms with Crippen LogP contribution in [0.4, 0.5) is 0 Å². The minimum Gasteiger partial charge on any atom is -0.355 e. The van der Waals surface area contributed by atoms with Crippen molar-refractivity contribution < 1.29 is 19.2 Å². The molecule has 0 radical (unpaired) electrons. The maximum atomic E-state index is 13.7.